The molecule has 0 aliphatic carbocycles. The highest BCUT2D eigenvalue weighted by atomic mass is 35.5. The number of hydrogen-bond acceptors (Lipinski definition) is 2. The molecule has 0 saturated carbocycles. The van der Waals surface area contributed by atoms with Crippen LogP contribution in [0.25, 0.3) is 0 Å². The summed E-state index contributed by atoms with van der Waals surface area (Å²) in [5.41, 5.74) is 0.242. The summed E-state index contributed by atoms with van der Waals surface area (Å²) < 4.78 is 0. The van der Waals surface area contributed by atoms with Gasteiger partial charge in [0.2, 0.25) is 0 Å². The maximum atomic E-state index is 11.3. The summed E-state index contributed by atoms with van der Waals surface area (Å²) >= 11 is 5.61. The maximum absolute atomic E-state index is 11.3. The van der Waals surface area contributed by atoms with Gasteiger partial charge in [0.15, 0.2) is 0 Å². The Kier molecular flexibility index (Phi) is 3.14. The predicted octanol–water partition coefficient (Wildman–Crippen LogP) is 1.80. The molecule has 0 aliphatic rings. The summed E-state index contributed by atoms with van der Waals surface area (Å²) in [5.74, 6) is -0.393. The molecule has 0 saturated heterocycles. The van der Waals surface area contributed by atoms with Gasteiger partial charge >= 0.3 is 0 Å². The molecule has 0 spiro atoms. The van der Waals surface area contributed by atoms with Gasteiger partial charge in [-0.1, -0.05) is 11.6 Å². The molecule has 4 heteroatoms. The molecule has 1 rings (SSSR count). The van der Waals surface area contributed by atoms with E-state index in [9.17, 15) is 9.90 Å². The van der Waals surface area contributed by atoms with Crippen molar-refractivity contribution >= 4 is 17.5 Å². The van der Waals surface area contributed by atoms with Gasteiger partial charge in [-0.15, -0.1) is 0 Å². The van der Waals surface area contributed by atoms with Gasteiger partial charge in [0.1, 0.15) is 5.75 Å². The van der Waals surface area contributed by atoms with Gasteiger partial charge in [0.25, 0.3) is 5.91 Å². The molecule has 2 N–H and O–H groups in total. The van der Waals surface area contributed by atoms with Gasteiger partial charge in [-0.3, -0.25) is 4.79 Å². The summed E-state index contributed by atoms with van der Waals surface area (Å²) in [6.45, 7) is 2.34. The smallest absolute Gasteiger partial charge is 0.255 e. The second-order valence-electron chi connectivity index (χ2n) is 2.52. The van der Waals surface area contributed by atoms with Gasteiger partial charge < -0.3 is 10.4 Å². The molecule has 13 heavy (non-hydrogen) atoms. The van der Waals surface area contributed by atoms with Gasteiger partial charge in [-0.05, 0) is 25.1 Å². The number of halogens is 1. The molecule has 0 atom stereocenters. The molecule has 0 bridgehead atoms. The second-order valence-corrected chi connectivity index (χ2v) is 2.96. The normalized spacial score (nSPS) is 9.69. The Balaban J connectivity index is 2.95. The van der Waals surface area contributed by atoms with Crippen molar-refractivity contribution in [2.45, 2.75) is 6.92 Å². The number of rotatable bonds is 2. The summed E-state index contributed by atoms with van der Waals surface area (Å²) in [5, 5.41) is 12.3. The van der Waals surface area contributed by atoms with Crippen molar-refractivity contribution in [2.75, 3.05) is 6.54 Å². The summed E-state index contributed by atoms with van der Waals surface area (Å²) in [6.07, 6.45) is 0. The first-order valence-electron chi connectivity index (χ1n) is 3.92. The van der Waals surface area contributed by atoms with E-state index >= 15 is 0 Å². The Morgan fingerprint density at radius 3 is 2.85 bits per heavy atom. The second kappa shape index (κ2) is 4.14. The van der Waals surface area contributed by atoms with Gasteiger partial charge in [-0.25, -0.2) is 0 Å². The fraction of sp³-hybridized carbons (Fsp3) is 0.222. The van der Waals surface area contributed by atoms with E-state index < -0.39 is 0 Å². The molecule has 0 unspecified atom stereocenters. The molecular formula is C9H10ClNO2. The average molecular weight is 200 g/mol. The van der Waals surface area contributed by atoms with Crippen molar-refractivity contribution in [1.82, 2.24) is 5.32 Å². The Bertz CT molecular complexity index is 325. The largest absolute Gasteiger partial charge is 0.507 e. The number of carbonyl (C=O) groups excluding carboxylic acids is 1. The zero-order valence-electron chi connectivity index (χ0n) is 7.17. The zero-order chi connectivity index (χ0) is 9.84. The van der Waals surface area contributed by atoms with E-state index in [1.54, 1.807) is 6.07 Å². The molecule has 1 amide bonds. The highest BCUT2D eigenvalue weighted by molar-refractivity contribution is 6.30. The minimum Gasteiger partial charge on any atom is -0.507 e. The van der Waals surface area contributed by atoms with Gasteiger partial charge in [0, 0.05) is 11.6 Å². The molecule has 1 aromatic rings. The van der Waals surface area contributed by atoms with E-state index in [0.717, 1.165) is 0 Å². The SMILES string of the molecule is CCNC(=O)c1ccc(Cl)cc1O. The van der Waals surface area contributed by atoms with Crippen LogP contribution in [0.1, 0.15) is 17.3 Å². The van der Waals surface area contributed by atoms with E-state index in [1.807, 2.05) is 6.92 Å². The Morgan fingerprint density at radius 2 is 2.31 bits per heavy atom. The summed E-state index contributed by atoms with van der Waals surface area (Å²) in [7, 11) is 0. The maximum Gasteiger partial charge on any atom is 0.255 e. The van der Waals surface area contributed by atoms with Crippen molar-refractivity contribution in [3.63, 3.8) is 0 Å². The summed E-state index contributed by atoms with van der Waals surface area (Å²) in [6, 6.07) is 4.39. The first-order valence-corrected chi connectivity index (χ1v) is 4.29. The third-order valence-electron chi connectivity index (χ3n) is 1.54. The van der Waals surface area contributed by atoms with Crippen molar-refractivity contribution in [3.05, 3.63) is 28.8 Å². The fourth-order valence-electron chi connectivity index (χ4n) is 0.953. The van der Waals surface area contributed by atoms with E-state index in [1.165, 1.54) is 12.1 Å². The molecule has 70 valence electrons. The number of phenolic OH excluding ortho intramolecular Hbond substituents is 1. The molecule has 0 aromatic heterocycles. The van der Waals surface area contributed by atoms with E-state index in [2.05, 4.69) is 5.32 Å². The van der Waals surface area contributed by atoms with Crippen LogP contribution >= 0.6 is 11.6 Å². The number of carbonyl (C=O) groups is 1. The lowest BCUT2D eigenvalue weighted by atomic mass is 10.2. The van der Waals surface area contributed by atoms with Crippen LogP contribution in [-0.4, -0.2) is 17.6 Å². The van der Waals surface area contributed by atoms with Gasteiger partial charge in [-0.2, -0.15) is 0 Å². The van der Waals surface area contributed by atoms with Crippen LogP contribution in [0.2, 0.25) is 5.02 Å². The molecular weight excluding hydrogens is 190 g/mol. The Morgan fingerprint density at radius 1 is 1.62 bits per heavy atom. The van der Waals surface area contributed by atoms with E-state index in [-0.39, 0.29) is 17.2 Å². The number of nitrogens with one attached hydrogen (secondary N) is 1. The van der Waals surface area contributed by atoms with Crippen LogP contribution in [-0.2, 0) is 0 Å². The van der Waals surface area contributed by atoms with E-state index in [0.29, 0.717) is 11.6 Å². The highest BCUT2D eigenvalue weighted by Crippen LogP contribution is 2.21. The number of amides is 1. The Labute approximate surface area is 81.3 Å². The number of phenols is 1. The molecule has 0 fully saturated rings. The first-order chi connectivity index (χ1) is 6.15. The lowest BCUT2D eigenvalue weighted by Gasteiger charge is -2.04. The minimum atomic E-state index is -0.295. The molecule has 1 aromatic carbocycles. The predicted molar refractivity (Wildman–Crippen MR) is 51.1 cm³/mol. The molecule has 3 nitrogen and oxygen atoms in total. The third kappa shape index (κ3) is 2.36. The first kappa shape index (κ1) is 9.86. The standard InChI is InChI=1S/C9H10ClNO2/c1-2-11-9(13)7-4-3-6(10)5-8(7)12/h3-5,12H,2H2,1H3,(H,11,13). The molecule has 0 radical (unpaired) electrons. The lowest BCUT2D eigenvalue weighted by Crippen LogP contribution is -2.22. The van der Waals surface area contributed by atoms with Crippen LogP contribution in [0.3, 0.4) is 0 Å². The summed E-state index contributed by atoms with van der Waals surface area (Å²) in [4.78, 5) is 11.3. The third-order valence-corrected chi connectivity index (χ3v) is 1.78. The van der Waals surface area contributed by atoms with E-state index in [4.69, 9.17) is 11.6 Å². The van der Waals surface area contributed by atoms with Crippen molar-refractivity contribution in [2.24, 2.45) is 0 Å². The van der Waals surface area contributed by atoms with Crippen LogP contribution < -0.4 is 5.32 Å². The number of hydrogen-bond donors (Lipinski definition) is 2. The van der Waals surface area contributed by atoms with Crippen LogP contribution in [0.4, 0.5) is 0 Å². The monoisotopic (exact) mass is 199 g/mol. The lowest BCUT2D eigenvalue weighted by molar-refractivity contribution is 0.0953. The van der Waals surface area contributed by atoms with Crippen molar-refractivity contribution < 1.29 is 9.90 Å². The number of benzene rings is 1. The van der Waals surface area contributed by atoms with Crippen molar-refractivity contribution in [3.8, 4) is 5.75 Å². The quantitative estimate of drug-likeness (QED) is 0.763. The van der Waals surface area contributed by atoms with Gasteiger partial charge in [0.05, 0.1) is 5.56 Å². The number of aromatic hydroxyl groups is 1. The van der Waals surface area contributed by atoms with Crippen LogP contribution in [0, 0.1) is 0 Å². The average Bonchev–Trinajstić information content (AvgIpc) is 2.04. The molecule has 0 heterocycles. The van der Waals surface area contributed by atoms with Crippen molar-refractivity contribution in [1.29, 1.82) is 0 Å². The topological polar surface area (TPSA) is 49.3 Å². The Hall–Kier alpha value is -1.22. The minimum absolute atomic E-state index is 0.0987. The fourth-order valence-corrected chi connectivity index (χ4v) is 1.12. The molecule has 0 aliphatic heterocycles. The van der Waals surface area contributed by atoms with Crippen LogP contribution in [0.5, 0.6) is 5.75 Å². The highest BCUT2D eigenvalue weighted by Gasteiger charge is 2.09. The van der Waals surface area contributed by atoms with Crippen LogP contribution in [0.15, 0.2) is 18.2 Å². The zero-order valence-corrected chi connectivity index (χ0v) is 7.93.